The van der Waals surface area contributed by atoms with Crippen molar-refractivity contribution >= 4 is 22.6 Å². The van der Waals surface area contributed by atoms with Crippen LogP contribution in [0.25, 0.3) is 16.7 Å². The van der Waals surface area contributed by atoms with Gasteiger partial charge in [0.15, 0.2) is 11.9 Å². The van der Waals surface area contributed by atoms with Crippen LogP contribution in [0.1, 0.15) is 23.5 Å². The highest BCUT2D eigenvalue weighted by Gasteiger charge is 2.32. The molecule has 3 aromatic rings. The van der Waals surface area contributed by atoms with Gasteiger partial charge in [0.25, 0.3) is 5.91 Å². The number of morpholine rings is 1. The molecule has 1 amide bonds. The van der Waals surface area contributed by atoms with Crippen LogP contribution in [0.2, 0.25) is 0 Å². The average Bonchev–Trinajstić information content (AvgIpc) is 3.34. The molecular weight excluding hydrogens is 477 g/mol. The maximum atomic E-state index is 15.3. The van der Waals surface area contributed by atoms with E-state index in [0.29, 0.717) is 44.5 Å². The fourth-order valence-electron chi connectivity index (χ4n) is 5.33. The second-order valence-electron chi connectivity index (χ2n) is 9.68. The van der Waals surface area contributed by atoms with Gasteiger partial charge in [-0.15, -0.1) is 0 Å². The molecule has 2 aliphatic rings. The molecule has 0 bridgehead atoms. The number of nitrogens with zero attached hydrogens (tertiary/aromatic N) is 6. The Kier molecular flexibility index (Phi) is 7.63. The fraction of sp³-hybridized carbons (Fsp3) is 0.538. The Hall–Kier alpha value is -3.15. The predicted molar refractivity (Wildman–Crippen MR) is 138 cm³/mol. The number of hydrogen-bond donors (Lipinski definition) is 1. The number of nitrogens with one attached hydrogen (secondary N) is 1. The number of amides is 1. The summed E-state index contributed by atoms with van der Waals surface area (Å²) in [5.74, 6) is 0.993. The molecule has 1 N–H and O–H groups in total. The normalized spacial score (nSPS) is 22.9. The smallest absolute Gasteiger partial charge is 0.250 e. The third kappa shape index (κ3) is 5.29. The lowest BCUT2D eigenvalue weighted by Gasteiger charge is -2.35. The lowest BCUT2D eigenvalue weighted by Crippen LogP contribution is -2.49. The summed E-state index contributed by atoms with van der Waals surface area (Å²) < 4.78 is 27.9. The van der Waals surface area contributed by atoms with E-state index >= 15 is 4.39 Å². The molecule has 11 heteroatoms. The first-order valence-electron chi connectivity index (χ1n) is 12.7. The number of piperidine rings is 1. The maximum Gasteiger partial charge on any atom is 0.250 e. The highest BCUT2D eigenvalue weighted by molar-refractivity contribution is 5.82. The van der Waals surface area contributed by atoms with Gasteiger partial charge in [0.2, 0.25) is 0 Å². The van der Waals surface area contributed by atoms with E-state index in [0.717, 1.165) is 41.5 Å². The molecule has 4 heterocycles. The summed E-state index contributed by atoms with van der Waals surface area (Å²) in [5.41, 5.74) is 2.97. The van der Waals surface area contributed by atoms with E-state index < -0.39 is 12.3 Å². The number of carbonyl (C=O) groups excluding carboxylic acids is 1. The number of carbonyl (C=O) groups is 1. The van der Waals surface area contributed by atoms with Crippen molar-refractivity contribution < 1.29 is 18.7 Å². The predicted octanol–water partition coefficient (Wildman–Crippen LogP) is 1.85. The summed E-state index contributed by atoms with van der Waals surface area (Å²) >= 11 is 0. The monoisotopic (exact) mass is 511 g/mol. The number of likely N-dealkylation sites (N-methyl/N-ethyl adjacent to an activating group) is 1. The SMILES string of the molecule is CNC(=O)[C@@H]1CN(c2cc(-n3ncc4cc(C)c([C@@H]5CCN(CCOC)C[C@@H]5F)cc43)ncn2)CCO1. The van der Waals surface area contributed by atoms with Crippen LogP contribution in [0.15, 0.2) is 30.7 Å². The maximum absolute atomic E-state index is 15.3. The van der Waals surface area contributed by atoms with Gasteiger partial charge < -0.3 is 19.7 Å². The van der Waals surface area contributed by atoms with Crippen LogP contribution < -0.4 is 10.2 Å². The number of hydrogen-bond acceptors (Lipinski definition) is 8. The highest BCUT2D eigenvalue weighted by Crippen LogP contribution is 2.35. The first-order chi connectivity index (χ1) is 18.0. The molecule has 0 radical (unpaired) electrons. The summed E-state index contributed by atoms with van der Waals surface area (Å²) in [6.07, 6.45) is 2.57. The van der Waals surface area contributed by atoms with Crippen molar-refractivity contribution in [2.24, 2.45) is 0 Å². The van der Waals surface area contributed by atoms with E-state index in [9.17, 15) is 4.79 Å². The van der Waals surface area contributed by atoms with E-state index in [2.05, 4.69) is 37.4 Å². The van der Waals surface area contributed by atoms with Gasteiger partial charge in [-0.2, -0.15) is 5.10 Å². The third-order valence-corrected chi connectivity index (χ3v) is 7.38. The Morgan fingerprint density at radius 1 is 1.22 bits per heavy atom. The molecule has 0 spiro atoms. The van der Waals surface area contributed by atoms with Crippen molar-refractivity contribution in [3.8, 4) is 5.82 Å². The zero-order valence-corrected chi connectivity index (χ0v) is 21.6. The minimum atomic E-state index is -0.946. The van der Waals surface area contributed by atoms with Crippen LogP contribution in [0.3, 0.4) is 0 Å². The van der Waals surface area contributed by atoms with Crippen LogP contribution in [0.4, 0.5) is 10.2 Å². The van der Waals surface area contributed by atoms with Crippen LogP contribution in [-0.2, 0) is 14.3 Å². The number of alkyl halides is 1. The van der Waals surface area contributed by atoms with Crippen LogP contribution in [0, 0.1) is 6.92 Å². The van der Waals surface area contributed by atoms with Gasteiger partial charge in [-0.05, 0) is 43.1 Å². The molecule has 0 unspecified atom stereocenters. The van der Waals surface area contributed by atoms with Crippen molar-refractivity contribution in [2.45, 2.75) is 31.5 Å². The quantitative estimate of drug-likeness (QED) is 0.513. The Bertz CT molecular complexity index is 1250. The minimum Gasteiger partial charge on any atom is -0.383 e. The molecule has 2 saturated heterocycles. The van der Waals surface area contributed by atoms with Crippen LogP contribution in [0.5, 0.6) is 0 Å². The van der Waals surface area contributed by atoms with Gasteiger partial charge in [-0.25, -0.2) is 19.0 Å². The molecule has 198 valence electrons. The van der Waals surface area contributed by atoms with Crippen molar-refractivity contribution in [3.63, 3.8) is 0 Å². The standard InChI is InChI=1S/C26H34FN7O3/c1-17-10-18-13-31-34(22(18)11-20(17)19-4-5-32(6-8-36-3)14-21(19)27)25-12-24(29-16-30-25)33-7-9-37-23(15-33)26(35)28-2/h10-13,16,19,21,23H,4-9,14-15H2,1-3H3,(H,28,35)/t19-,21-,23-/m0/s1. The summed E-state index contributed by atoms with van der Waals surface area (Å²) in [7, 11) is 3.27. The van der Waals surface area contributed by atoms with Crippen LogP contribution >= 0.6 is 0 Å². The summed E-state index contributed by atoms with van der Waals surface area (Å²) in [6.45, 7) is 6.11. The second-order valence-corrected chi connectivity index (χ2v) is 9.68. The number of methoxy groups -OCH3 is 1. The molecule has 37 heavy (non-hydrogen) atoms. The molecule has 0 saturated carbocycles. The number of rotatable bonds is 7. The second kappa shape index (κ2) is 11.1. The molecule has 1 aromatic carbocycles. The number of benzene rings is 1. The lowest BCUT2D eigenvalue weighted by atomic mass is 9.85. The molecule has 5 rings (SSSR count). The van der Waals surface area contributed by atoms with Gasteiger partial charge in [0, 0.05) is 51.2 Å². The summed E-state index contributed by atoms with van der Waals surface area (Å²) in [5, 5.41) is 8.22. The number of likely N-dealkylation sites (tertiary alicyclic amines) is 1. The largest absolute Gasteiger partial charge is 0.383 e. The Morgan fingerprint density at radius 2 is 2.05 bits per heavy atom. The van der Waals surface area contributed by atoms with E-state index in [1.807, 2.05) is 24.1 Å². The number of anilines is 1. The zero-order chi connectivity index (χ0) is 25.9. The first-order valence-corrected chi connectivity index (χ1v) is 12.7. The number of ether oxygens (including phenoxy) is 2. The van der Waals surface area contributed by atoms with Gasteiger partial charge in [0.05, 0.1) is 31.5 Å². The van der Waals surface area contributed by atoms with Crippen molar-refractivity contribution in [3.05, 3.63) is 41.9 Å². The van der Waals surface area contributed by atoms with Crippen molar-refractivity contribution in [1.82, 2.24) is 30.0 Å². The molecular formula is C26H34FN7O3. The molecule has 3 atom stereocenters. The minimum absolute atomic E-state index is 0.157. The Labute approximate surface area is 215 Å². The fourth-order valence-corrected chi connectivity index (χ4v) is 5.33. The van der Waals surface area contributed by atoms with Gasteiger partial charge in [-0.1, -0.05) is 0 Å². The van der Waals surface area contributed by atoms with Gasteiger partial charge in [0.1, 0.15) is 18.3 Å². The summed E-state index contributed by atoms with van der Waals surface area (Å²) in [4.78, 5) is 25.1. The molecule has 2 aliphatic heterocycles. The van der Waals surface area contributed by atoms with Gasteiger partial charge >= 0.3 is 0 Å². The number of aromatic nitrogens is 4. The van der Waals surface area contributed by atoms with Gasteiger partial charge in [-0.3, -0.25) is 9.69 Å². The van der Waals surface area contributed by atoms with E-state index in [1.54, 1.807) is 18.8 Å². The van der Waals surface area contributed by atoms with E-state index in [4.69, 9.17) is 9.47 Å². The molecule has 10 nitrogen and oxygen atoms in total. The average molecular weight is 512 g/mol. The first kappa shape index (κ1) is 25.5. The lowest BCUT2D eigenvalue weighted by molar-refractivity contribution is -0.132. The van der Waals surface area contributed by atoms with Crippen LogP contribution in [-0.4, -0.2) is 103 Å². The van der Waals surface area contributed by atoms with E-state index in [-0.39, 0.29) is 11.8 Å². The van der Waals surface area contributed by atoms with Crippen molar-refractivity contribution in [1.29, 1.82) is 0 Å². The third-order valence-electron chi connectivity index (χ3n) is 7.38. The number of fused-ring (bicyclic) bond motifs is 1. The van der Waals surface area contributed by atoms with Crippen molar-refractivity contribution in [2.75, 3.05) is 65.0 Å². The summed E-state index contributed by atoms with van der Waals surface area (Å²) in [6, 6.07) is 6.01. The highest BCUT2D eigenvalue weighted by atomic mass is 19.1. The Balaban J connectivity index is 1.41. The molecule has 2 aromatic heterocycles. The van der Waals surface area contributed by atoms with E-state index in [1.165, 1.54) is 6.33 Å². The zero-order valence-electron chi connectivity index (χ0n) is 21.6. The molecule has 0 aliphatic carbocycles. The number of halogens is 1. The topological polar surface area (TPSA) is 97.6 Å². The number of aryl methyl sites for hydroxylation is 1. The Morgan fingerprint density at radius 3 is 2.84 bits per heavy atom. The molecule has 2 fully saturated rings.